The summed E-state index contributed by atoms with van der Waals surface area (Å²) >= 11 is 0. The highest BCUT2D eigenvalue weighted by molar-refractivity contribution is 5.75. The van der Waals surface area contributed by atoms with Crippen molar-refractivity contribution in [3.8, 4) is 5.75 Å². The molecule has 1 heterocycles. The van der Waals surface area contributed by atoms with Gasteiger partial charge in [0, 0.05) is 34.1 Å². The van der Waals surface area contributed by atoms with Crippen molar-refractivity contribution in [3.05, 3.63) is 29.8 Å². The Hall–Kier alpha value is -3.71. The molecule has 0 aliphatic carbocycles. The highest BCUT2D eigenvalue weighted by Gasteiger charge is 2.53. The number of benzene rings is 1. The Labute approximate surface area is 212 Å². The van der Waals surface area contributed by atoms with E-state index in [2.05, 4.69) is 0 Å². The third-order valence-electron chi connectivity index (χ3n) is 5.07. The standard InChI is InChI=1S/C24H30O13/c1-12(25)32-11-19-20(33-13(2)26)21(34-14(3)27)22(35-15(4)28)24(37-19)36-18(23(30)31-5)10-16-6-8-17(29)9-7-16/h6-9,18-22,24,29H,10-11H2,1-5H3/t18?,19-,20+,21+,22-,24-/m1/s1. The highest BCUT2D eigenvalue weighted by atomic mass is 16.7. The molecule has 13 heteroatoms. The summed E-state index contributed by atoms with van der Waals surface area (Å²) in [5.41, 5.74) is 0.582. The fourth-order valence-corrected chi connectivity index (χ4v) is 3.62. The van der Waals surface area contributed by atoms with E-state index in [-0.39, 0.29) is 12.2 Å². The first-order valence-electron chi connectivity index (χ1n) is 11.2. The van der Waals surface area contributed by atoms with Gasteiger partial charge in [-0.25, -0.2) is 4.79 Å². The van der Waals surface area contributed by atoms with Gasteiger partial charge in [0.05, 0.1) is 7.11 Å². The number of rotatable bonds is 10. The number of methoxy groups -OCH3 is 1. The smallest absolute Gasteiger partial charge is 0.335 e. The predicted octanol–water partition coefficient (Wildman–Crippen LogP) is 0.576. The van der Waals surface area contributed by atoms with Crippen LogP contribution in [0.3, 0.4) is 0 Å². The summed E-state index contributed by atoms with van der Waals surface area (Å²) < 4.78 is 37.6. The molecule has 1 aliphatic rings. The number of carbonyl (C=O) groups is 5. The summed E-state index contributed by atoms with van der Waals surface area (Å²) in [7, 11) is 1.14. The summed E-state index contributed by atoms with van der Waals surface area (Å²) in [5.74, 6) is -3.86. The van der Waals surface area contributed by atoms with Crippen molar-refractivity contribution >= 4 is 29.8 Å². The largest absolute Gasteiger partial charge is 0.508 e. The van der Waals surface area contributed by atoms with Crippen molar-refractivity contribution in [3.63, 3.8) is 0 Å². The van der Waals surface area contributed by atoms with E-state index < -0.39 is 73.3 Å². The molecule has 1 fully saturated rings. The molecule has 1 N–H and O–H groups in total. The van der Waals surface area contributed by atoms with Crippen LogP contribution in [0.1, 0.15) is 33.3 Å². The van der Waals surface area contributed by atoms with Gasteiger partial charge in [-0.3, -0.25) is 19.2 Å². The van der Waals surface area contributed by atoms with Gasteiger partial charge in [-0.15, -0.1) is 0 Å². The van der Waals surface area contributed by atoms with E-state index >= 15 is 0 Å². The van der Waals surface area contributed by atoms with Gasteiger partial charge in [0.15, 0.2) is 30.7 Å². The molecular formula is C24H30O13. The van der Waals surface area contributed by atoms with Gasteiger partial charge >= 0.3 is 29.8 Å². The number of carbonyl (C=O) groups excluding carboxylic acids is 5. The van der Waals surface area contributed by atoms with Crippen LogP contribution in [0.25, 0.3) is 0 Å². The van der Waals surface area contributed by atoms with Crippen LogP contribution in [-0.2, 0) is 63.6 Å². The number of hydrogen-bond acceptors (Lipinski definition) is 13. The van der Waals surface area contributed by atoms with Crippen molar-refractivity contribution in [1.82, 2.24) is 0 Å². The molecule has 37 heavy (non-hydrogen) atoms. The molecule has 1 aliphatic heterocycles. The lowest BCUT2D eigenvalue weighted by atomic mass is 9.97. The van der Waals surface area contributed by atoms with Crippen molar-refractivity contribution in [2.45, 2.75) is 70.9 Å². The van der Waals surface area contributed by atoms with Crippen molar-refractivity contribution in [1.29, 1.82) is 0 Å². The molecule has 1 aromatic rings. The van der Waals surface area contributed by atoms with Gasteiger partial charge < -0.3 is 38.3 Å². The van der Waals surface area contributed by atoms with E-state index in [0.717, 1.165) is 34.8 Å². The quantitative estimate of drug-likeness (QED) is 0.332. The van der Waals surface area contributed by atoms with Gasteiger partial charge in [-0.05, 0) is 17.7 Å². The molecule has 0 amide bonds. The predicted molar refractivity (Wildman–Crippen MR) is 121 cm³/mol. The zero-order chi connectivity index (χ0) is 27.7. The van der Waals surface area contributed by atoms with Crippen molar-refractivity contribution in [2.24, 2.45) is 0 Å². The first-order chi connectivity index (χ1) is 17.4. The average Bonchev–Trinajstić information content (AvgIpc) is 2.81. The number of hydrogen-bond donors (Lipinski definition) is 1. The molecule has 0 aromatic heterocycles. The third-order valence-corrected chi connectivity index (χ3v) is 5.07. The average molecular weight is 526 g/mol. The fourth-order valence-electron chi connectivity index (χ4n) is 3.62. The van der Waals surface area contributed by atoms with Crippen LogP contribution in [0.4, 0.5) is 0 Å². The first kappa shape index (κ1) is 29.5. The van der Waals surface area contributed by atoms with Crippen LogP contribution in [0.5, 0.6) is 5.75 Å². The normalized spacial score (nSPS) is 23.8. The first-order valence-corrected chi connectivity index (χ1v) is 11.2. The molecule has 2 rings (SSSR count). The van der Waals surface area contributed by atoms with Gasteiger partial charge in [-0.2, -0.15) is 0 Å². The molecule has 0 saturated carbocycles. The Kier molecular flexibility index (Phi) is 10.8. The monoisotopic (exact) mass is 526 g/mol. The number of ether oxygens (including phenoxy) is 7. The Morgan fingerprint density at radius 1 is 0.838 bits per heavy atom. The van der Waals surface area contributed by atoms with E-state index in [1.54, 1.807) is 12.1 Å². The topological polar surface area (TPSA) is 170 Å². The molecule has 0 radical (unpaired) electrons. The van der Waals surface area contributed by atoms with Crippen LogP contribution in [0.2, 0.25) is 0 Å². The van der Waals surface area contributed by atoms with Crippen LogP contribution < -0.4 is 0 Å². The molecule has 1 saturated heterocycles. The van der Waals surface area contributed by atoms with E-state index in [0.29, 0.717) is 5.56 Å². The van der Waals surface area contributed by atoms with Gasteiger partial charge in [0.1, 0.15) is 18.5 Å². The molecule has 6 atom stereocenters. The van der Waals surface area contributed by atoms with Crippen molar-refractivity contribution < 1.29 is 62.2 Å². The number of aromatic hydroxyl groups is 1. The second-order valence-corrected chi connectivity index (χ2v) is 8.09. The molecule has 0 bridgehead atoms. The van der Waals surface area contributed by atoms with Crippen LogP contribution in [0.15, 0.2) is 24.3 Å². The Morgan fingerprint density at radius 2 is 1.38 bits per heavy atom. The zero-order valence-corrected chi connectivity index (χ0v) is 21.0. The summed E-state index contributed by atoms with van der Waals surface area (Å²) in [6.07, 6.45) is -8.45. The number of esters is 5. The lowest BCUT2D eigenvalue weighted by Gasteiger charge is -2.44. The van der Waals surface area contributed by atoms with Gasteiger partial charge in [-0.1, -0.05) is 12.1 Å². The summed E-state index contributed by atoms with van der Waals surface area (Å²) in [6.45, 7) is 3.97. The maximum absolute atomic E-state index is 12.6. The highest BCUT2D eigenvalue weighted by Crippen LogP contribution is 2.31. The number of phenols is 1. The Balaban J connectivity index is 2.47. The second-order valence-electron chi connectivity index (χ2n) is 8.09. The minimum atomic E-state index is -1.55. The molecule has 204 valence electrons. The van der Waals surface area contributed by atoms with E-state index in [1.807, 2.05) is 0 Å². The maximum atomic E-state index is 12.6. The third kappa shape index (κ3) is 9.03. The van der Waals surface area contributed by atoms with Crippen LogP contribution in [-0.4, -0.2) is 85.5 Å². The number of phenolic OH excluding ortho intramolecular Hbond substituents is 1. The summed E-state index contributed by atoms with van der Waals surface area (Å²) in [4.78, 5) is 59.7. The van der Waals surface area contributed by atoms with E-state index in [4.69, 9.17) is 33.2 Å². The lowest BCUT2D eigenvalue weighted by molar-refractivity contribution is -0.315. The Morgan fingerprint density at radius 3 is 1.89 bits per heavy atom. The van der Waals surface area contributed by atoms with E-state index in [1.165, 1.54) is 12.1 Å². The fraction of sp³-hybridized carbons (Fsp3) is 0.542. The molecule has 13 nitrogen and oxygen atoms in total. The second kappa shape index (κ2) is 13.6. The maximum Gasteiger partial charge on any atom is 0.335 e. The molecule has 1 unspecified atom stereocenters. The lowest BCUT2D eigenvalue weighted by Crippen LogP contribution is -2.63. The minimum Gasteiger partial charge on any atom is -0.508 e. The molecular weight excluding hydrogens is 496 g/mol. The molecule has 0 spiro atoms. The summed E-state index contributed by atoms with van der Waals surface area (Å²) in [5, 5.41) is 9.53. The Bertz CT molecular complexity index is 973. The minimum absolute atomic E-state index is 0.0128. The SMILES string of the molecule is COC(=O)C(Cc1ccc(O)cc1)O[C@@H]1O[C@H](COC(C)=O)[C@H](OC(C)=O)[C@H](OC(C)=O)[C@H]1OC(C)=O. The van der Waals surface area contributed by atoms with Crippen LogP contribution in [0, 0.1) is 0 Å². The van der Waals surface area contributed by atoms with Gasteiger partial charge in [0.25, 0.3) is 0 Å². The zero-order valence-electron chi connectivity index (χ0n) is 21.0. The van der Waals surface area contributed by atoms with Crippen molar-refractivity contribution in [2.75, 3.05) is 13.7 Å². The molecule has 1 aromatic carbocycles. The van der Waals surface area contributed by atoms with E-state index in [9.17, 15) is 29.1 Å². The summed E-state index contributed by atoms with van der Waals surface area (Å²) in [6, 6.07) is 5.94. The van der Waals surface area contributed by atoms with Crippen LogP contribution >= 0.6 is 0 Å². The van der Waals surface area contributed by atoms with Gasteiger partial charge in [0.2, 0.25) is 0 Å².